The van der Waals surface area contributed by atoms with Gasteiger partial charge in [0.2, 0.25) is 0 Å². The van der Waals surface area contributed by atoms with Gasteiger partial charge in [0, 0.05) is 6.04 Å². The minimum atomic E-state index is -0.325. The van der Waals surface area contributed by atoms with E-state index in [9.17, 15) is 5.11 Å². The van der Waals surface area contributed by atoms with Crippen LogP contribution in [0.3, 0.4) is 0 Å². The van der Waals surface area contributed by atoms with E-state index in [1.807, 2.05) is 6.92 Å². The maximum absolute atomic E-state index is 9.31. The number of aliphatic hydroxyl groups is 1. The highest BCUT2D eigenvalue weighted by molar-refractivity contribution is 4.78. The third-order valence-electron chi connectivity index (χ3n) is 2.73. The molecule has 3 nitrogen and oxygen atoms in total. The molecular weight excluding hydrogens is 166 g/mol. The fraction of sp³-hybridized carbons (Fsp3) is 1.00. The van der Waals surface area contributed by atoms with Gasteiger partial charge in [-0.05, 0) is 19.3 Å². The Labute approximate surface area is 80.3 Å². The summed E-state index contributed by atoms with van der Waals surface area (Å²) < 4.78 is 5.57. The zero-order valence-corrected chi connectivity index (χ0v) is 8.41. The minimum absolute atomic E-state index is 0.176. The third kappa shape index (κ3) is 3.63. The molecule has 0 aromatic rings. The van der Waals surface area contributed by atoms with Gasteiger partial charge in [0.05, 0.1) is 18.8 Å². The molecule has 1 aliphatic rings. The van der Waals surface area contributed by atoms with Gasteiger partial charge in [0.1, 0.15) is 0 Å². The van der Waals surface area contributed by atoms with Crippen LogP contribution in [0.15, 0.2) is 0 Å². The van der Waals surface area contributed by atoms with Crippen molar-refractivity contribution in [3.05, 3.63) is 0 Å². The fourth-order valence-corrected chi connectivity index (χ4v) is 1.68. The molecule has 1 saturated carbocycles. The van der Waals surface area contributed by atoms with E-state index in [2.05, 4.69) is 0 Å². The molecule has 0 amide bonds. The van der Waals surface area contributed by atoms with Crippen molar-refractivity contribution in [2.75, 3.05) is 6.61 Å². The first kappa shape index (κ1) is 11.0. The SMILES string of the molecule is CCC(O)COC1CCCCC1N. The van der Waals surface area contributed by atoms with Gasteiger partial charge >= 0.3 is 0 Å². The maximum atomic E-state index is 9.31. The molecule has 0 heterocycles. The van der Waals surface area contributed by atoms with Crippen LogP contribution in [0.5, 0.6) is 0 Å². The van der Waals surface area contributed by atoms with E-state index in [1.54, 1.807) is 0 Å². The number of hydrogen-bond acceptors (Lipinski definition) is 3. The third-order valence-corrected chi connectivity index (χ3v) is 2.73. The molecule has 13 heavy (non-hydrogen) atoms. The molecule has 1 fully saturated rings. The van der Waals surface area contributed by atoms with E-state index in [4.69, 9.17) is 10.5 Å². The van der Waals surface area contributed by atoms with E-state index in [-0.39, 0.29) is 18.2 Å². The van der Waals surface area contributed by atoms with Gasteiger partial charge in [-0.1, -0.05) is 19.8 Å². The lowest BCUT2D eigenvalue weighted by Crippen LogP contribution is -2.40. The molecule has 3 N–H and O–H groups in total. The number of aliphatic hydroxyl groups excluding tert-OH is 1. The van der Waals surface area contributed by atoms with Crippen molar-refractivity contribution in [3.63, 3.8) is 0 Å². The number of rotatable bonds is 4. The van der Waals surface area contributed by atoms with Crippen LogP contribution in [0.4, 0.5) is 0 Å². The summed E-state index contributed by atoms with van der Waals surface area (Å²) in [5, 5.41) is 9.31. The lowest BCUT2D eigenvalue weighted by atomic mass is 9.93. The molecule has 3 unspecified atom stereocenters. The van der Waals surface area contributed by atoms with E-state index in [0.29, 0.717) is 6.61 Å². The smallest absolute Gasteiger partial charge is 0.0771 e. The highest BCUT2D eigenvalue weighted by Gasteiger charge is 2.22. The predicted molar refractivity (Wildman–Crippen MR) is 52.5 cm³/mol. The molecule has 0 radical (unpaired) electrons. The molecule has 1 aliphatic carbocycles. The zero-order valence-electron chi connectivity index (χ0n) is 8.41. The minimum Gasteiger partial charge on any atom is -0.391 e. The Morgan fingerprint density at radius 3 is 2.77 bits per heavy atom. The molecule has 0 spiro atoms. The van der Waals surface area contributed by atoms with Crippen LogP contribution in [0.1, 0.15) is 39.0 Å². The Hall–Kier alpha value is -0.120. The van der Waals surface area contributed by atoms with Gasteiger partial charge in [-0.15, -0.1) is 0 Å². The molecule has 0 aromatic carbocycles. The Kier molecular flexibility index (Phi) is 4.70. The Bertz CT molecular complexity index is 141. The highest BCUT2D eigenvalue weighted by atomic mass is 16.5. The van der Waals surface area contributed by atoms with Crippen molar-refractivity contribution in [2.45, 2.75) is 57.3 Å². The number of hydrogen-bond donors (Lipinski definition) is 2. The Balaban J connectivity index is 2.18. The average Bonchev–Trinajstić information content (AvgIpc) is 2.16. The molecule has 3 heteroatoms. The van der Waals surface area contributed by atoms with Crippen molar-refractivity contribution in [1.82, 2.24) is 0 Å². The molecule has 0 aromatic heterocycles. The van der Waals surface area contributed by atoms with Gasteiger partial charge < -0.3 is 15.6 Å². The van der Waals surface area contributed by atoms with E-state index < -0.39 is 0 Å². The first-order valence-corrected chi connectivity index (χ1v) is 5.29. The zero-order chi connectivity index (χ0) is 9.68. The van der Waals surface area contributed by atoms with Gasteiger partial charge in [-0.2, -0.15) is 0 Å². The Morgan fingerprint density at radius 1 is 1.46 bits per heavy atom. The Morgan fingerprint density at radius 2 is 2.15 bits per heavy atom. The monoisotopic (exact) mass is 187 g/mol. The second kappa shape index (κ2) is 5.58. The normalized spacial score (nSPS) is 31.6. The van der Waals surface area contributed by atoms with Gasteiger partial charge in [0.25, 0.3) is 0 Å². The van der Waals surface area contributed by atoms with Crippen molar-refractivity contribution >= 4 is 0 Å². The second-order valence-corrected chi connectivity index (χ2v) is 3.88. The van der Waals surface area contributed by atoms with Crippen LogP contribution in [-0.2, 0) is 4.74 Å². The molecule has 0 aliphatic heterocycles. The molecule has 0 bridgehead atoms. The van der Waals surface area contributed by atoms with E-state index in [0.717, 1.165) is 19.3 Å². The summed E-state index contributed by atoms with van der Waals surface area (Å²) in [6, 6.07) is 0.179. The number of nitrogens with two attached hydrogens (primary N) is 1. The first-order chi connectivity index (χ1) is 6.24. The average molecular weight is 187 g/mol. The summed E-state index contributed by atoms with van der Waals surface area (Å²) in [4.78, 5) is 0. The van der Waals surface area contributed by atoms with Crippen LogP contribution in [-0.4, -0.2) is 30.0 Å². The lowest BCUT2D eigenvalue weighted by molar-refractivity contribution is -0.0327. The molecular formula is C10H21NO2. The van der Waals surface area contributed by atoms with Crippen LogP contribution < -0.4 is 5.73 Å². The summed E-state index contributed by atoms with van der Waals surface area (Å²) in [5.41, 5.74) is 5.90. The van der Waals surface area contributed by atoms with Crippen molar-refractivity contribution in [2.24, 2.45) is 5.73 Å². The summed E-state index contributed by atoms with van der Waals surface area (Å²) >= 11 is 0. The fourth-order valence-electron chi connectivity index (χ4n) is 1.68. The van der Waals surface area contributed by atoms with Crippen molar-refractivity contribution in [1.29, 1.82) is 0 Å². The molecule has 0 saturated heterocycles. The second-order valence-electron chi connectivity index (χ2n) is 3.88. The largest absolute Gasteiger partial charge is 0.391 e. The molecule has 3 atom stereocenters. The lowest BCUT2D eigenvalue weighted by Gasteiger charge is -2.29. The summed E-state index contributed by atoms with van der Waals surface area (Å²) in [6.07, 6.45) is 5.15. The topological polar surface area (TPSA) is 55.5 Å². The summed E-state index contributed by atoms with van der Waals surface area (Å²) in [5.74, 6) is 0. The van der Waals surface area contributed by atoms with Gasteiger partial charge in [0.15, 0.2) is 0 Å². The molecule has 1 rings (SSSR count). The van der Waals surface area contributed by atoms with E-state index in [1.165, 1.54) is 12.8 Å². The van der Waals surface area contributed by atoms with Crippen LogP contribution >= 0.6 is 0 Å². The van der Waals surface area contributed by atoms with E-state index >= 15 is 0 Å². The van der Waals surface area contributed by atoms with Crippen molar-refractivity contribution in [3.8, 4) is 0 Å². The summed E-state index contributed by atoms with van der Waals surface area (Å²) in [7, 11) is 0. The highest BCUT2D eigenvalue weighted by Crippen LogP contribution is 2.19. The van der Waals surface area contributed by atoms with Crippen LogP contribution in [0, 0.1) is 0 Å². The van der Waals surface area contributed by atoms with Crippen molar-refractivity contribution < 1.29 is 9.84 Å². The number of ether oxygens (including phenoxy) is 1. The summed E-state index contributed by atoms with van der Waals surface area (Å²) in [6.45, 7) is 2.39. The van der Waals surface area contributed by atoms with Crippen LogP contribution in [0.2, 0.25) is 0 Å². The van der Waals surface area contributed by atoms with Gasteiger partial charge in [-0.25, -0.2) is 0 Å². The maximum Gasteiger partial charge on any atom is 0.0771 e. The van der Waals surface area contributed by atoms with Gasteiger partial charge in [-0.3, -0.25) is 0 Å². The quantitative estimate of drug-likeness (QED) is 0.691. The first-order valence-electron chi connectivity index (χ1n) is 5.29. The standard InChI is InChI=1S/C10H21NO2/c1-2-8(12)7-13-10-6-4-3-5-9(10)11/h8-10,12H,2-7,11H2,1H3. The van der Waals surface area contributed by atoms with Crippen LogP contribution in [0.25, 0.3) is 0 Å². The predicted octanol–water partition coefficient (Wildman–Crippen LogP) is 1.04. The molecule has 78 valence electrons.